The van der Waals surface area contributed by atoms with Crippen molar-refractivity contribution in [2.24, 2.45) is 0 Å². The van der Waals surface area contributed by atoms with Crippen LogP contribution >= 0.6 is 0 Å². The molecule has 0 N–H and O–H groups in total. The van der Waals surface area contributed by atoms with Gasteiger partial charge in [0.1, 0.15) is 6.61 Å². The van der Waals surface area contributed by atoms with Crippen LogP contribution in [0.5, 0.6) is 0 Å². The number of benzene rings is 1. The SMILES string of the molecule is CC1=C(C)CC(=COCc2ccccc2)CC1. The molecule has 0 heterocycles. The second-order valence-electron chi connectivity index (χ2n) is 4.81. The summed E-state index contributed by atoms with van der Waals surface area (Å²) >= 11 is 0. The van der Waals surface area contributed by atoms with E-state index in [9.17, 15) is 0 Å². The predicted molar refractivity (Wildman–Crippen MR) is 71.5 cm³/mol. The van der Waals surface area contributed by atoms with Crippen LogP contribution in [0.15, 0.2) is 53.3 Å². The topological polar surface area (TPSA) is 9.23 Å². The van der Waals surface area contributed by atoms with E-state index >= 15 is 0 Å². The zero-order valence-corrected chi connectivity index (χ0v) is 10.7. The fourth-order valence-electron chi connectivity index (χ4n) is 2.07. The largest absolute Gasteiger partial charge is 0.497 e. The van der Waals surface area contributed by atoms with E-state index in [1.807, 2.05) is 24.5 Å². The molecule has 0 bridgehead atoms. The van der Waals surface area contributed by atoms with Gasteiger partial charge in [0.15, 0.2) is 0 Å². The van der Waals surface area contributed by atoms with E-state index in [4.69, 9.17) is 4.74 Å². The Balaban J connectivity index is 1.86. The van der Waals surface area contributed by atoms with Gasteiger partial charge in [0, 0.05) is 0 Å². The average Bonchev–Trinajstić information content (AvgIpc) is 2.35. The molecular formula is C16H20O. The fourth-order valence-corrected chi connectivity index (χ4v) is 2.07. The molecule has 90 valence electrons. The molecule has 17 heavy (non-hydrogen) atoms. The maximum Gasteiger partial charge on any atom is 0.112 e. The summed E-state index contributed by atoms with van der Waals surface area (Å²) in [6, 6.07) is 10.3. The first-order chi connectivity index (χ1) is 8.25. The average molecular weight is 228 g/mol. The minimum atomic E-state index is 0.673. The minimum Gasteiger partial charge on any atom is -0.497 e. The van der Waals surface area contributed by atoms with E-state index in [-0.39, 0.29) is 0 Å². The van der Waals surface area contributed by atoms with Gasteiger partial charge in [-0.1, -0.05) is 41.5 Å². The van der Waals surface area contributed by atoms with E-state index in [1.54, 1.807) is 5.57 Å². The maximum absolute atomic E-state index is 5.66. The summed E-state index contributed by atoms with van der Waals surface area (Å²) in [5, 5.41) is 0. The minimum absolute atomic E-state index is 0.673. The third-order valence-corrected chi connectivity index (χ3v) is 3.38. The van der Waals surface area contributed by atoms with Crippen molar-refractivity contribution in [2.45, 2.75) is 39.7 Å². The van der Waals surface area contributed by atoms with Crippen LogP contribution in [-0.2, 0) is 11.3 Å². The molecule has 1 aliphatic rings. The first kappa shape index (κ1) is 12.0. The first-order valence-corrected chi connectivity index (χ1v) is 6.24. The lowest BCUT2D eigenvalue weighted by molar-refractivity contribution is 0.232. The van der Waals surface area contributed by atoms with Crippen LogP contribution < -0.4 is 0 Å². The second-order valence-corrected chi connectivity index (χ2v) is 4.81. The normalized spacial score (nSPS) is 18.6. The molecule has 0 aliphatic heterocycles. The smallest absolute Gasteiger partial charge is 0.112 e. The third kappa shape index (κ3) is 3.48. The number of hydrogen-bond donors (Lipinski definition) is 0. The summed E-state index contributed by atoms with van der Waals surface area (Å²) in [5.41, 5.74) is 5.70. The Bertz CT molecular complexity index is 426. The van der Waals surface area contributed by atoms with Crippen LogP contribution in [0.2, 0.25) is 0 Å². The molecule has 0 radical (unpaired) electrons. The summed E-state index contributed by atoms with van der Waals surface area (Å²) in [7, 11) is 0. The summed E-state index contributed by atoms with van der Waals surface area (Å²) in [4.78, 5) is 0. The molecule has 0 aromatic heterocycles. The number of ether oxygens (including phenoxy) is 1. The highest BCUT2D eigenvalue weighted by Crippen LogP contribution is 2.28. The molecule has 1 aromatic rings. The van der Waals surface area contributed by atoms with E-state index in [2.05, 4.69) is 26.0 Å². The Morgan fingerprint density at radius 1 is 1.06 bits per heavy atom. The van der Waals surface area contributed by atoms with Crippen LogP contribution in [0.3, 0.4) is 0 Å². The molecule has 1 heteroatoms. The number of allylic oxidation sites excluding steroid dienone is 3. The van der Waals surface area contributed by atoms with E-state index in [1.165, 1.54) is 23.1 Å². The lowest BCUT2D eigenvalue weighted by Crippen LogP contribution is -1.99. The molecule has 0 amide bonds. The first-order valence-electron chi connectivity index (χ1n) is 6.24. The quantitative estimate of drug-likeness (QED) is 0.542. The third-order valence-electron chi connectivity index (χ3n) is 3.38. The Kier molecular flexibility index (Phi) is 4.03. The molecule has 1 aliphatic carbocycles. The standard InChI is InChI=1S/C16H20O/c1-13-8-9-16(10-14(13)2)12-17-11-15-6-4-3-5-7-15/h3-7,12H,8-11H2,1-2H3. The van der Waals surface area contributed by atoms with Crippen molar-refractivity contribution in [1.29, 1.82) is 0 Å². The Hall–Kier alpha value is -1.50. The lowest BCUT2D eigenvalue weighted by atomic mass is 9.90. The summed E-state index contributed by atoms with van der Waals surface area (Å²) in [6.07, 6.45) is 5.38. The zero-order chi connectivity index (χ0) is 12.1. The number of rotatable bonds is 3. The predicted octanol–water partition coefficient (Wildman–Crippen LogP) is 4.61. The number of hydrogen-bond acceptors (Lipinski definition) is 1. The van der Waals surface area contributed by atoms with E-state index in [0.717, 1.165) is 12.8 Å². The Morgan fingerprint density at radius 3 is 2.53 bits per heavy atom. The highest BCUT2D eigenvalue weighted by Gasteiger charge is 2.09. The molecule has 1 nitrogen and oxygen atoms in total. The van der Waals surface area contributed by atoms with E-state index < -0.39 is 0 Å². The van der Waals surface area contributed by atoms with Gasteiger partial charge in [-0.3, -0.25) is 0 Å². The van der Waals surface area contributed by atoms with Gasteiger partial charge in [-0.05, 0) is 44.2 Å². The molecule has 0 saturated heterocycles. The highest BCUT2D eigenvalue weighted by atomic mass is 16.5. The summed E-state index contributed by atoms with van der Waals surface area (Å²) in [6.45, 7) is 5.13. The van der Waals surface area contributed by atoms with Gasteiger partial charge < -0.3 is 4.74 Å². The van der Waals surface area contributed by atoms with Gasteiger partial charge >= 0.3 is 0 Å². The van der Waals surface area contributed by atoms with Gasteiger partial charge in [0.25, 0.3) is 0 Å². The fraction of sp³-hybridized carbons (Fsp3) is 0.375. The summed E-state index contributed by atoms with van der Waals surface area (Å²) in [5.74, 6) is 0. The molecule has 2 rings (SSSR count). The maximum atomic E-state index is 5.66. The molecule has 0 unspecified atom stereocenters. The molecule has 0 spiro atoms. The summed E-state index contributed by atoms with van der Waals surface area (Å²) < 4.78 is 5.66. The van der Waals surface area contributed by atoms with Crippen LogP contribution in [-0.4, -0.2) is 0 Å². The van der Waals surface area contributed by atoms with Crippen LogP contribution in [0.4, 0.5) is 0 Å². The van der Waals surface area contributed by atoms with Gasteiger partial charge in [-0.15, -0.1) is 0 Å². The Labute approximate surface area is 104 Å². The van der Waals surface area contributed by atoms with Gasteiger partial charge in [-0.2, -0.15) is 0 Å². The molecule has 1 aromatic carbocycles. The van der Waals surface area contributed by atoms with Crippen LogP contribution in [0.25, 0.3) is 0 Å². The van der Waals surface area contributed by atoms with Crippen molar-refractivity contribution in [3.63, 3.8) is 0 Å². The van der Waals surface area contributed by atoms with Crippen molar-refractivity contribution < 1.29 is 4.74 Å². The molecule has 0 fully saturated rings. The van der Waals surface area contributed by atoms with Gasteiger partial charge in [0.05, 0.1) is 6.26 Å². The van der Waals surface area contributed by atoms with E-state index in [0.29, 0.717) is 6.61 Å². The van der Waals surface area contributed by atoms with Crippen LogP contribution in [0.1, 0.15) is 38.7 Å². The van der Waals surface area contributed by atoms with Crippen molar-refractivity contribution >= 4 is 0 Å². The van der Waals surface area contributed by atoms with Gasteiger partial charge in [-0.25, -0.2) is 0 Å². The van der Waals surface area contributed by atoms with Crippen molar-refractivity contribution in [1.82, 2.24) is 0 Å². The second kappa shape index (κ2) is 5.72. The van der Waals surface area contributed by atoms with Crippen molar-refractivity contribution in [3.8, 4) is 0 Å². The highest BCUT2D eigenvalue weighted by molar-refractivity contribution is 5.23. The Morgan fingerprint density at radius 2 is 1.82 bits per heavy atom. The van der Waals surface area contributed by atoms with Crippen molar-refractivity contribution in [3.05, 3.63) is 58.9 Å². The molecular weight excluding hydrogens is 208 g/mol. The molecule has 0 atom stereocenters. The van der Waals surface area contributed by atoms with Crippen molar-refractivity contribution in [2.75, 3.05) is 0 Å². The lowest BCUT2D eigenvalue weighted by Gasteiger charge is -2.17. The van der Waals surface area contributed by atoms with Crippen LogP contribution in [0, 0.1) is 0 Å². The molecule has 0 saturated carbocycles. The van der Waals surface area contributed by atoms with Gasteiger partial charge in [0.2, 0.25) is 0 Å². The monoisotopic (exact) mass is 228 g/mol. The zero-order valence-electron chi connectivity index (χ0n) is 10.7.